The minimum atomic E-state index is -3.04. The van der Waals surface area contributed by atoms with Crippen molar-refractivity contribution in [3.05, 3.63) is 58.6 Å². The van der Waals surface area contributed by atoms with Crippen LogP contribution in [0.5, 0.6) is 0 Å². The van der Waals surface area contributed by atoms with Gasteiger partial charge >= 0.3 is 0 Å². The number of alkyl halides is 2. The second-order valence-electron chi connectivity index (χ2n) is 6.81. The van der Waals surface area contributed by atoms with Gasteiger partial charge in [0.15, 0.2) is 0 Å². The van der Waals surface area contributed by atoms with Gasteiger partial charge in [0.25, 0.3) is 11.8 Å². The summed E-state index contributed by atoms with van der Waals surface area (Å²) in [4.78, 5) is 14.6. The Hall–Kier alpha value is -2.94. The average Bonchev–Trinajstić information content (AvgIpc) is 2.62. The van der Waals surface area contributed by atoms with E-state index in [1.165, 1.54) is 42.3 Å². The summed E-state index contributed by atoms with van der Waals surface area (Å²) in [7, 11) is 0. The van der Waals surface area contributed by atoms with E-state index in [1.54, 1.807) is 6.92 Å². The van der Waals surface area contributed by atoms with Crippen molar-refractivity contribution in [3.8, 4) is 0 Å². The van der Waals surface area contributed by atoms with Gasteiger partial charge in [-0.15, -0.1) is 0 Å². The quantitative estimate of drug-likeness (QED) is 0.270. The number of nitrogens with one attached hydrogen (secondary N) is 1. The van der Waals surface area contributed by atoms with Crippen LogP contribution in [0.2, 0.25) is 0 Å². The summed E-state index contributed by atoms with van der Waals surface area (Å²) in [5.41, 5.74) is 12.6. The van der Waals surface area contributed by atoms with Crippen molar-refractivity contribution >= 4 is 11.7 Å². The Morgan fingerprint density at radius 3 is 2.64 bits per heavy atom. The second-order valence-corrected chi connectivity index (χ2v) is 6.81. The average molecular weight is 392 g/mol. The van der Waals surface area contributed by atoms with Crippen molar-refractivity contribution in [2.24, 2.45) is 17.3 Å². The maximum Gasteiger partial charge on any atom is 0.270 e. The first-order valence-electron chi connectivity index (χ1n) is 8.79. The molecule has 1 aromatic carbocycles. The molecular weight excluding hydrogens is 366 g/mol. The topological polar surface area (TPSA) is 125 Å². The zero-order valence-electron chi connectivity index (χ0n) is 16.2. The highest BCUT2D eigenvalue weighted by Gasteiger charge is 2.33. The SMILES string of the molecule is Cc1c(C(=O)N2CCC(N(N)C(=N)/C=C\N)=C(N)C2C)cccc1C(C)(F)F. The lowest BCUT2D eigenvalue weighted by molar-refractivity contribution is 0.0167. The molecular formula is C19H26F2N6O. The molecule has 7 N–H and O–H groups in total. The molecule has 1 unspecified atom stereocenters. The van der Waals surface area contributed by atoms with Crippen LogP contribution in [0.25, 0.3) is 0 Å². The van der Waals surface area contributed by atoms with E-state index in [9.17, 15) is 13.6 Å². The van der Waals surface area contributed by atoms with E-state index in [4.69, 9.17) is 22.7 Å². The van der Waals surface area contributed by atoms with Gasteiger partial charge < -0.3 is 16.4 Å². The molecule has 0 bridgehead atoms. The predicted molar refractivity (Wildman–Crippen MR) is 104 cm³/mol. The molecule has 1 aliphatic heterocycles. The van der Waals surface area contributed by atoms with E-state index in [0.717, 1.165) is 11.9 Å². The van der Waals surface area contributed by atoms with Crippen LogP contribution in [0.1, 0.15) is 41.8 Å². The van der Waals surface area contributed by atoms with E-state index in [2.05, 4.69) is 0 Å². The van der Waals surface area contributed by atoms with Gasteiger partial charge in [0.05, 0.1) is 17.4 Å². The lowest BCUT2D eigenvalue weighted by Crippen LogP contribution is -2.50. The molecule has 7 nitrogen and oxygen atoms in total. The van der Waals surface area contributed by atoms with Crippen molar-refractivity contribution < 1.29 is 13.6 Å². The number of rotatable bonds is 4. The summed E-state index contributed by atoms with van der Waals surface area (Å²) in [6.07, 6.45) is 2.84. The highest BCUT2D eigenvalue weighted by Crippen LogP contribution is 2.32. The molecule has 2 rings (SSSR count). The van der Waals surface area contributed by atoms with Crippen molar-refractivity contribution in [1.82, 2.24) is 9.91 Å². The van der Waals surface area contributed by atoms with Gasteiger partial charge in [-0.2, -0.15) is 0 Å². The fourth-order valence-electron chi connectivity index (χ4n) is 3.32. The molecule has 1 aliphatic rings. The Balaban J connectivity index is 2.34. The minimum Gasteiger partial charge on any atom is -0.404 e. The number of nitrogens with zero attached hydrogens (tertiary/aromatic N) is 2. The minimum absolute atomic E-state index is 0.0406. The summed E-state index contributed by atoms with van der Waals surface area (Å²) in [5.74, 6) is 2.47. The Morgan fingerprint density at radius 1 is 1.43 bits per heavy atom. The Bertz CT molecular complexity index is 843. The molecule has 152 valence electrons. The lowest BCUT2D eigenvalue weighted by atomic mass is 9.96. The van der Waals surface area contributed by atoms with Crippen LogP contribution in [0, 0.1) is 12.3 Å². The molecule has 9 heteroatoms. The van der Waals surface area contributed by atoms with Gasteiger partial charge in [-0.1, -0.05) is 12.1 Å². The molecule has 1 aromatic rings. The van der Waals surface area contributed by atoms with Gasteiger partial charge in [-0.05, 0) is 37.8 Å². The molecule has 0 aliphatic carbocycles. The normalized spacial score (nSPS) is 17.9. The molecule has 0 saturated heterocycles. The van der Waals surface area contributed by atoms with Crippen molar-refractivity contribution in [1.29, 1.82) is 5.41 Å². The molecule has 0 fully saturated rings. The van der Waals surface area contributed by atoms with Gasteiger partial charge in [0, 0.05) is 31.0 Å². The third-order valence-corrected chi connectivity index (χ3v) is 4.94. The van der Waals surface area contributed by atoms with Gasteiger partial charge in [0.1, 0.15) is 5.84 Å². The Morgan fingerprint density at radius 2 is 2.07 bits per heavy atom. The summed E-state index contributed by atoms with van der Waals surface area (Å²) in [6.45, 7) is 4.34. The summed E-state index contributed by atoms with van der Waals surface area (Å²) >= 11 is 0. The van der Waals surface area contributed by atoms with E-state index in [-0.39, 0.29) is 35.0 Å². The van der Waals surface area contributed by atoms with Crippen molar-refractivity contribution in [3.63, 3.8) is 0 Å². The van der Waals surface area contributed by atoms with E-state index in [0.29, 0.717) is 17.8 Å². The number of carbonyl (C=O) groups excluding carboxylic acids is 1. The third kappa shape index (κ3) is 3.99. The highest BCUT2D eigenvalue weighted by molar-refractivity contribution is 5.96. The molecule has 1 amide bonds. The number of benzene rings is 1. The molecule has 1 heterocycles. The summed E-state index contributed by atoms with van der Waals surface area (Å²) < 4.78 is 27.6. The first kappa shape index (κ1) is 21.4. The molecule has 0 spiro atoms. The first-order valence-corrected chi connectivity index (χ1v) is 8.79. The van der Waals surface area contributed by atoms with Crippen molar-refractivity contribution in [2.45, 2.75) is 39.2 Å². The maximum absolute atomic E-state index is 13.8. The fourth-order valence-corrected chi connectivity index (χ4v) is 3.32. The van der Waals surface area contributed by atoms with Gasteiger partial charge in [-0.25, -0.2) is 14.6 Å². The molecule has 0 radical (unpaired) electrons. The highest BCUT2D eigenvalue weighted by atomic mass is 19.3. The number of hydrogen-bond acceptors (Lipinski definition) is 5. The fraction of sp³-hybridized carbons (Fsp3) is 0.368. The Kier molecular flexibility index (Phi) is 6.08. The number of halogens is 2. The van der Waals surface area contributed by atoms with Crippen LogP contribution in [-0.4, -0.2) is 34.2 Å². The number of amides is 1. The molecule has 0 aromatic heterocycles. The zero-order chi connectivity index (χ0) is 21.2. The van der Waals surface area contributed by atoms with Crippen LogP contribution in [0.15, 0.2) is 41.9 Å². The van der Waals surface area contributed by atoms with Crippen molar-refractivity contribution in [2.75, 3.05) is 6.54 Å². The number of hydrazine groups is 1. The van der Waals surface area contributed by atoms with Gasteiger partial charge in [-0.3, -0.25) is 15.2 Å². The number of hydrogen-bond donors (Lipinski definition) is 4. The zero-order valence-corrected chi connectivity index (χ0v) is 16.2. The van der Waals surface area contributed by atoms with Crippen LogP contribution in [0.3, 0.4) is 0 Å². The number of nitrogens with two attached hydrogens (primary N) is 3. The van der Waals surface area contributed by atoms with Crippen LogP contribution >= 0.6 is 0 Å². The summed E-state index contributed by atoms with van der Waals surface area (Å²) in [5, 5.41) is 8.98. The van der Waals surface area contributed by atoms with Crippen LogP contribution in [0.4, 0.5) is 8.78 Å². The lowest BCUT2D eigenvalue weighted by Gasteiger charge is -2.38. The smallest absolute Gasteiger partial charge is 0.270 e. The summed E-state index contributed by atoms with van der Waals surface area (Å²) in [6, 6.07) is 3.79. The molecule has 1 atom stereocenters. The third-order valence-electron chi connectivity index (χ3n) is 4.94. The van der Waals surface area contributed by atoms with E-state index >= 15 is 0 Å². The van der Waals surface area contributed by atoms with E-state index < -0.39 is 12.0 Å². The monoisotopic (exact) mass is 392 g/mol. The Labute approximate surface area is 162 Å². The largest absolute Gasteiger partial charge is 0.404 e. The number of carbonyl (C=O) groups is 1. The number of amidine groups is 1. The van der Waals surface area contributed by atoms with E-state index in [1.807, 2.05) is 0 Å². The van der Waals surface area contributed by atoms with Gasteiger partial charge in [0.2, 0.25) is 0 Å². The first-order chi connectivity index (χ1) is 13.0. The second kappa shape index (κ2) is 7.97. The van der Waals surface area contributed by atoms with Crippen LogP contribution < -0.4 is 17.3 Å². The molecule has 28 heavy (non-hydrogen) atoms. The standard InChI is InChI=1S/C19H26F2N6O/c1-11-13(5-4-6-14(11)19(3,20)21)18(28)26-10-8-15(17(24)12(26)2)27(25)16(23)7-9-22/h4-7,9,12,23H,8,10,22,24-25H2,1-3H3/b9-7-,23-16?. The van der Waals surface area contributed by atoms with Crippen LogP contribution in [-0.2, 0) is 5.92 Å². The molecule has 0 saturated carbocycles. The predicted octanol–water partition coefficient (Wildman–Crippen LogP) is 2.14. The maximum atomic E-state index is 13.8.